The van der Waals surface area contributed by atoms with Gasteiger partial charge in [0.25, 0.3) is 0 Å². The van der Waals surface area contributed by atoms with Crippen LogP contribution in [0.25, 0.3) is 0 Å². The van der Waals surface area contributed by atoms with Crippen LogP contribution in [0.3, 0.4) is 0 Å². The van der Waals surface area contributed by atoms with Crippen molar-refractivity contribution in [1.82, 2.24) is 4.31 Å². The third-order valence-electron chi connectivity index (χ3n) is 2.97. The topological polar surface area (TPSA) is 37.4 Å². The Kier molecular flexibility index (Phi) is 3.99. The summed E-state index contributed by atoms with van der Waals surface area (Å²) in [6, 6.07) is 3.78. The average Bonchev–Trinajstić information content (AvgIpc) is 2.13. The second-order valence-electron chi connectivity index (χ2n) is 4.84. The number of hydrogen-bond acceptors (Lipinski definition) is 2. The van der Waals surface area contributed by atoms with Gasteiger partial charge in [-0.3, -0.25) is 0 Å². The Morgan fingerprint density at radius 1 is 1.06 bits per heavy atom. The van der Waals surface area contributed by atoms with Gasteiger partial charge in [0.15, 0.2) is 0 Å². The first-order chi connectivity index (χ1) is 7.67. The summed E-state index contributed by atoms with van der Waals surface area (Å²) in [5.74, 6) is 0. The molecule has 0 fully saturated rings. The summed E-state index contributed by atoms with van der Waals surface area (Å²) in [7, 11) is -1.76. The summed E-state index contributed by atoms with van der Waals surface area (Å²) in [5, 5.41) is 0. The van der Waals surface area contributed by atoms with Gasteiger partial charge in [-0.25, -0.2) is 8.42 Å². The molecule has 1 aromatic carbocycles. The smallest absolute Gasteiger partial charge is 0.207 e. The van der Waals surface area contributed by atoms with Gasteiger partial charge in [-0.15, -0.1) is 0 Å². The van der Waals surface area contributed by atoms with Crippen molar-refractivity contribution in [2.45, 2.75) is 45.6 Å². The second-order valence-corrected chi connectivity index (χ2v) is 6.78. The molecule has 0 bridgehead atoms. The molecule has 0 aromatic heterocycles. The highest BCUT2D eigenvalue weighted by Crippen LogP contribution is 2.25. The number of hydrogen-bond donors (Lipinski definition) is 0. The Labute approximate surface area is 105 Å². The van der Waals surface area contributed by atoms with Crippen LogP contribution in [0, 0.1) is 20.8 Å². The van der Waals surface area contributed by atoms with Gasteiger partial charge in [0, 0.05) is 13.1 Å². The number of sulfonamides is 1. The molecule has 0 amide bonds. The van der Waals surface area contributed by atoms with Crippen molar-refractivity contribution in [3.05, 3.63) is 28.8 Å². The summed E-state index contributed by atoms with van der Waals surface area (Å²) in [6.07, 6.45) is 0. The molecule has 0 radical (unpaired) electrons. The lowest BCUT2D eigenvalue weighted by Crippen LogP contribution is -2.33. The van der Waals surface area contributed by atoms with Crippen molar-refractivity contribution in [3.63, 3.8) is 0 Å². The van der Waals surface area contributed by atoms with Crippen LogP contribution in [-0.4, -0.2) is 25.8 Å². The molecule has 0 aliphatic rings. The van der Waals surface area contributed by atoms with Gasteiger partial charge < -0.3 is 0 Å². The fraction of sp³-hybridized carbons (Fsp3) is 0.538. The van der Waals surface area contributed by atoms with Crippen LogP contribution in [0.1, 0.15) is 30.5 Å². The molecule has 3 nitrogen and oxygen atoms in total. The van der Waals surface area contributed by atoms with E-state index in [9.17, 15) is 8.42 Å². The monoisotopic (exact) mass is 255 g/mol. The van der Waals surface area contributed by atoms with Crippen LogP contribution in [-0.2, 0) is 10.0 Å². The fourth-order valence-corrected chi connectivity index (χ4v) is 3.77. The fourth-order valence-electron chi connectivity index (χ4n) is 2.00. The standard InChI is InChI=1S/C13H21NO2S/c1-9(2)14(6)17(15,16)13-11(4)7-10(3)8-12(13)5/h7-9H,1-6H3. The first-order valence-corrected chi connectivity index (χ1v) is 7.17. The van der Waals surface area contributed by atoms with Crippen molar-refractivity contribution in [3.8, 4) is 0 Å². The second kappa shape index (κ2) is 4.78. The number of nitrogens with zero attached hydrogens (tertiary/aromatic N) is 1. The minimum atomic E-state index is -3.38. The van der Waals surface area contributed by atoms with Gasteiger partial charge in [-0.1, -0.05) is 17.7 Å². The SMILES string of the molecule is Cc1cc(C)c(S(=O)(=O)N(C)C(C)C)c(C)c1. The van der Waals surface area contributed by atoms with Crippen LogP contribution in [0.15, 0.2) is 17.0 Å². The largest absolute Gasteiger partial charge is 0.243 e. The van der Waals surface area contributed by atoms with E-state index in [4.69, 9.17) is 0 Å². The Bertz CT molecular complexity index is 495. The van der Waals surface area contributed by atoms with E-state index in [0.717, 1.165) is 16.7 Å². The highest BCUT2D eigenvalue weighted by Gasteiger charge is 2.26. The molecular weight excluding hydrogens is 234 g/mol. The molecule has 0 saturated heterocycles. The van der Waals surface area contributed by atoms with E-state index in [2.05, 4.69) is 0 Å². The zero-order chi connectivity index (χ0) is 13.4. The molecule has 0 aliphatic heterocycles. The summed E-state index contributed by atoms with van der Waals surface area (Å²) in [4.78, 5) is 0.444. The number of benzene rings is 1. The van der Waals surface area contributed by atoms with Crippen molar-refractivity contribution in [2.75, 3.05) is 7.05 Å². The Hall–Kier alpha value is -0.870. The van der Waals surface area contributed by atoms with E-state index < -0.39 is 10.0 Å². The number of aryl methyl sites for hydroxylation is 3. The van der Waals surface area contributed by atoms with E-state index in [1.807, 2.05) is 46.8 Å². The van der Waals surface area contributed by atoms with Crippen LogP contribution >= 0.6 is 0 Å². The van der Waals surface area contributed by atoms with Crippen LogP contribution in [0.5, 0.6) is 0 Å². The summed E-state index contributed by atoms with van der Waals surface area (Å²) in [6.45, 7) is 9.41. The average molecular weight is 255 g/mol. The predicted molar refractivity (Wildman–Crippen MR) is 70.7 cm³/mol. The Balaban J connectivity index is 3.45. The molecule has 0 spiro atoms. The molecule has 0 unspecified atom stereocenters. The zero-order valence-electron chi connectivity index (χ0n) is 11.4. The molecule has 1 aromatic rings. The summed E-state index contributed by atoms with van der Waals surface area (Å²) in [5.41, 5.74) is 2.72. The van der Waals surface area contributed by atoms with Gasteiger partial charge in [-0.2, -0.15) is 4.31 Å². The van der Waals surface area contributed by atoms with Crippen LogP contribution in [0.4, 0.5) is 0 Å². The number of rotatable bonds is 3. The molecule has 0 aliphatic carbocycles. The molecule has 0 atom stereocenters. The lowest BCUT2D eigenvalue weighted by molar-refractivity contribution is 0.410. The van der Waals surface area contributed by atoms with Crippen LogP contribution < -0.4 is 0 Å². The highest BCUT2D eigenvalue weighted by molar-refractivity contribution is 7.89. The molecule has 0 saturated carbocycles. The van der Waals surface area contributed by atoms with Gasteiger partial charge in [-0.05, 0) is 45.7 Å². The summed E-state index contributed by atoms with van der Waals surface area (Å²) >= 11 is 0. The van der Waals surface area contributed by atoms with Gasteiger partial charge in [0.1, 0.15) is 0 Å². The maximum atomic E-state index is 12.5. The maximum absolute atomic E-state index is 12.5. The predicted octanol–water partition coefficient (Wildman–Crippen LogP) is 2.64. The minimum absolute atomic E-state index is 0.0416. The molecular formula is C13H21NO2S. The molecule has 17 heavy (non-hydrogen) atoms. The summed E-state index contributed by atoms with van der Waals surface area (Å²) < 4.78 is 26.3. The molecule has 0 heterocycles. The Morgan fingerprint density at radius 3 is 1.82 bits per heavy atom. The maximum Gasteiger partial charge on any atom is 0.243 e. The van der Waals surface area contributed by atoms with E-state index >= 15 is 0 Å². The van der Waals surface area contributed by atoms with E-state index in [-0.39, 0.29) is 6.04 Å². The van der Waals surface area contributed by atoms with Crippen molar-refractivity contribution in [1.29, 1.82) is 0 Å². The van der Waals surface area contributed by atoms with Gasteiger partial charge >= 0.3 is 0 Å². The molecule has 4 heteroatoms. The lowest BCUT2D eigenvalue weighted by atomic mass is 10.1. The third kappa shape index (κ3) is 2.69. The lowest BCUT2D eigenvalue weighted by Gasteiger charge is -2.23. The zero-order valence-corrected chi connectivity index (χ0v) is 12.2. The van der Waals surface area contributed by atoms with E-state index in [1.54, 1.807) is 7.05 Å². The minimum Gasteiger partial charge on any atom is -0.207 e. The normalized spacial score (nSPS) is 12.5. The molecule has 1 rings (SSSR count). The van der Waals surface area contributed by atoms with Crippen molar-refractivity contribution in [2.24, 2.45) is 0 Å². The molecule has 96 valence electrons. The quantitative estimate of drug-likeness (QED) is 0.832. The van der Waals surface area contributed by atoms with E-state index in [1.165, 1.54) is 4.31 Å². The highest BCUT2D eigenvalue weighted by atomic mass is 32.2. The Morgan fingerprint density at radius 2 is 1.47 bits per heavy atom. The van der Waals surface area contributed by atoms with E-state index in [0.29, 0.717) is 4.90 Å². The van der Waals surface area contributed by atoms with Crippen molar-refractivity contribution < 1.29 is 8.42 Å². The first kappa shape index (κ1) is 14.2. The van der Waals surface area contributed by atoms with Gasteiger partial charge in [0.05, 0.1) is 4.90 Å². The third-order valence-corrected chi connectivity index (χ3v) is 5.31. The van der Waals surface area contributed by atoms with Gasteiger partial charge in [0.2, 0.25) is 10.0 Å². The molecule has 0 N–H and O–H groups in total. The van der Waals surface area contributed by atoms with Crippen molar-refractivity contribution >= 4 is 10.0 Å². The van der Waals surface area contributed by atoms with Crippen LogP contribution in [0.2, 0.25) is 0 Å². The first-order valence-electron chi connectivity index (χ1n) is 5.73.